The molecule has 1 saturated heterocycles. The molecule has 3 rings (SSSR count). The van der Waals surface area contributed by atoms with E-state index in [9.17, 15) is 4.79 Å². The van der Waals surface area contributed by atoms with Crippen LogP contribution in [0.3, 0.4) is 0 Å². The van der Waals surface area contributed by atoms with Crippen molar-refractivity contribution in [3.8, 4) is 0 Å². The standard InChI is InChI=1S/C12H14N2O/c15-12-11-4-2-1-3-9(11)7-10-8-13-5-6-14(10)12/h1-3,7,11,13H,4-6,8H2. The molecule has 0 aromatic heterocycles. The summed E-state index contributed by atoms with van der Waals surface area (Å²) in [5.74, 6) is 0.362. The molecule has 2 aliphatic heterocycles. The van der Waals surface area contributed by atoms with Gasteiger partial charge in [-0.3, -0.25) is 4.79 Å². The number of rotatable bonds is 0. The topological polar surface area (TPSA) is 32.3 Å². The van der Waals surface area contributed by atoms with Gasteiger partial charge in [0.2, 0.25) is 5.91 Å². The lowest BCUT2D eigenvalue weighted by Gasteiger charge is -2.38. The predicted molar refractivity (Wildman–Crippen MR) is 58.0 cm³/mol. The molecule has 0 bridgehead atoms. The van der Waals surface area contributed by atoms with Gasteiger partial charge >= 0.3 is 0 Å². The molecule has 1 unspecified atom stereocenters. The fraction of sp³-hybridized carbons (Fsp3) is 0.417. The summed E-state index contributed by atoms with van der Waals surface area (Å²) in [4.78, 5) is 14.1. The second-order valence-corrected chi connectivity index (χ2v) is 4.19. The molecular weight excluding hydrogens is 188 g/mol. The van der Waals surface area contributed by atoms with Crippen LogP contribution < -0.4 is 5.32 Å². The van der Waals surface area contributed by atoms with Crippen molar-refractivity contribution in [3.05, 3.63) is 35.6 Å². The molecule has 3 aliphatic rings. The van der Waals surface area contributed by atoms with Crippen molar-refractivity contribution in [2.75, 3.05) is 19.6 Å². The third kappa shape index (κ3) is 1.35. The molecule has 1 fully saturated rings. The summed E-state index contributed by atoms with van der Waals surface area (Å²) in [5, 5.41) is 3.29. The summed E-state index contributed by atoms with van der Waals surface area (Å²) >= 11 is 0. The highest BCUT2D eigenvalue weighted by atomic mass is 16.2. The molecule has 0 radical (unpaired) electrons. The van der Waals surface area contributed by atoms with E-state index in [-0.39, 0.29) is 11.8 Å². The van der Waals surface area contributed by atoms with Gasteiger partial charge in [0.05, 0.1) is 5.92 Å². The van der Waals surface area contributed by atoms with E-state index in [1.807, 2.05) is 11.0 Å². The van der Waals surface area contributed by atoms with Crippen molar-refractivity contribution in [1.29, 1.82) is 0 Å². The van der Waals surface area contributed by atoms with Crippen LogP contribution in [0.2, 0.25) is 0 Å². The van der Waals surface area contributed by atoms with Crippen LogP contribution in [0.1, 0.15) is 6.42 Å². The van der Waals surface area contributed by atoms with Gasteiger partial charge < -0.3 is 10.2 Å². The van der Waals surface area contributed by atoms with Crippen LogP contribution in [0.15, 0.2) is 35.6 Å². The van der Waals surface area contributed by atoms with Crippen LogP contribution in [0.4, 0.5) is 0 Å². The largest absolute Gasteiger partial charge is 0.313 e. The van der Waals surface area contributed by atoms with Crippen molar-refractivity contribution in [3.63, 3.8) is 0 Å². The molecule has 2 heterocycles. The number of fused-ring (bicyclic) bond motifs is 2. The van der Waals surface area contributed by atoms with Crippen LogP contribution >= 0.6 is 0 Å². The highest BCUT2D eigenvalue weighted by molar-refractivity contribution is 5.86. The third-order valence-electron chi connectivity index (χ3n) is 3.26. The fourth-order valence-corrected chi connectivity index (χ4v) is 2.45. The molecule has 1 N–H and O–H groups in total. The molecule has 0 aromatic carbocycles. The zero-order valence-corrected chi connectivity index (χ0v) is 8.57. The fourth-order valence-electron chi connectivity index (χ4n) is 2.45. The van der Waals surface area contributed by atoms with Crippen molar-refractivity contribution < 1.29 is 4.79 Å². The molecule has 1 amide bonds. The molecule has 15 heavy (non-hydrogen) atoms. The van der Waals surface area contributed by atoms with E-state index in [0.29, 0.717) is 0 Å². The van der Waals surface area contributed by atoms with Gasteiger partial charge in [-0.15, -0.1) is 0 Å². The minimum Gasteiger partial charge on any atom is -0.313 e. The molecule has 3 heteroatoms. The van der Waals surface area contributed by atoms with Crippen LogP contribution in [-0.2, 0) is 4.79 Å². The Bertz CT molecular complexity index is 392. The normalized spacial score (nSPS) is 29.2. The Morgan fingerprint density at radius 2 is 2.40 bits per heavy atom. The predicted octanol–water partition coefficient (Wildman–Crippen LogP) is 0.818. The monoisotopic (exact) mass is 202 g/mol. The average Bonchev–Trinajstić information content (AvgIpc) is 2.30. The molecule has 1 atom stereocenters. The van der Waals surface area contributed by atoms with Crippen molar-refractivity contribution >= 4 is 5.91 Å². The van der Waals surface area contributed by atoms with Gasteiger partial charge in [0, 0.05) is 25.3 Å². The Morgan fingerprint density at radius 1 is 1.47 bits per heavy atom. The maximum Gasteiger partial charge on any atom is 0.234 e. The summed E-state index contributed by atoms with van der Waals surface area (Å²) in [7, 11) is 0. The summed E-state index contributed by atoms with van der Waals surface area (Å²) in [6.07, 6.45) is 9.21. The minimum atomic E-state index is 0.0804. The Hall–Kier alpha value is -1.35. The van der Waals surface area contributed by atoms with Crippen LogP contribution in [0, 0.1) is 5.92 Å². The molecule has 78 valence electrons. The van der Waals surface area contributed by atoms with Crippen LogP contribution in [0.25, 0.3) is 0 Å². The van der Waals surface area contributed by atoms with Gasteiger partial charge in [0.25, 0.3) is 0 Å². The minimum absolute atomic E-state index is 0.0804. The smallest absolute Gasteiger partial charge is 0.234 e. The Morgan fingerprint density at radius 3 is 3.33 bits per heavy atom. The summed E-state index contributed by atoms with van der Waals surface area (Å²) in [6.45, 7) is 2.54. The van der Waals surface area contributed by atoms with Gasteiger partial charge in [-0.25, -0.2) is 0 Å². The molecular formula is C12H14N2O. The quantitative estimate of drug-likeness (QED) is 0.630. The van der Waals surface area contributed by atoms with E-state index in [1.165, 1.54) is 5.57 Å². The molecule has 0 aromatic rings. The number of carbonyl (C=O) groups excluding carboxylic acids is 1. The van der Waals surface area contributed by atoms with E-state index < -0.39 is 0 Å². The third-order valence-corrected chi connectivity index (χ3v) is 3.26. The zero-order chi connectivity index (χ0) is 10.3. The summed E-state index contributed by atoms with van der Waals surface area (Å²) in [5.41, 5.74) is 2.31. The number of nitrogens with zero attached hydrogens (tertiary/aromatic N) is 1. The second-order valence-electron chi connectivity index (χ2n) is 4.19. The first-order chi connectivity index (χ1) is 7.36. The van der Waals surface area contributed by atoms with Gasteiger partial charge in [-0.05, 0) is 18.1 Å². The highest BCUT2D eigenvalue weighted by Gasteiger charge is 2.34. The number of nitrogens with one attached hydrogen (secondary N) is 1. The summed E-state index contributed by atoms with van der Waals surface area (Å²) < 4.78 is 0. The number of hydrogen-bond donors (Lipinski definition) is 1. The van der Waals surface area contributed by atoms with Gasteiger partial charge in [-0.2, -0.15) is 0 Å². The Balaban J connectivity index is 2.02. The summed E-state index contributed by atoms with van der Waals surface area (Å²) in [6, 6.07) is 0. The number of carbonyl (C=O) groups is 1. The van der Waals surface area contributed by atoms with Crippen molar-refractivity contribution in [2.24, 2.45) is 5.92 Å². The molecule has 0 saturated carbocycles. The van der Waals surface area contributed by atoms with Gasteiger partial charge in [-0.1, -0.05) is 18.2 Å². The van der Waals surface area contributed by atoms with Gasteiger partial charge in [0.15, 0.2) is 0 Å². The second kappa shape index (κ2) is 3.35. The highest BCUT2D eigenvalue weighted by Crippen LogP contribution is 2.31. The zero-order valence-electron chi connectivity index (χ0n) is 8.57. The molecule has 3 nitrogen and oxygen atoms in total. The first-order valence-electron chi connectivity index (χ1n) is 5.45. The Kier molecular flexibility index (Phi) is 1.99. The van der Waals surface area contributed by atoms with Crippen molar-refractivity contribution in [2.45, 2.75) is 6.42 Å². The first-order valence-corrected chi connectivity index (χ1v) is 5.45. The lowest BCUT2D eigenvalue weighted by Crippen LogP contribution is -2.49. The van der Waals surface area contributed by atoms with Crippen LogP contribution in [0.5, 0.6) is 0 Å². The van der Waals surface area contributed by atoms with Gasteiger partial charge in [0.1, 0.15) is 0 Å². The maximum atomic E-state index is 12.2. The maximum absolute atomic E-state index is 12.2. The van der Waals surface area contributed by atoms with E-state index in [2.05, 4.69) is 23.5 Å². The van der Waals surface area contributed by atoms with E-state index in [0.717, 1.165) is 31.8 Å². The molecule has 1 aliphatic carbocycles. The SMILES string of the molecule is O=C1C2CC=CC=C2C=C2CNCCN12. The lowest BCUT2D eigenvalue weighted by molar-refractivity contribution is -0.133. The van der Waals surface area contributed by atoms with E-state index >= 15 is 0 Å². The lowest BCUT2D eigenvalue weighted by atomic mass is 9.86. The number of amides is 1. The van der Waals surface area contributed by atoms with Crippen LogP contribution in [-0.4, -0.2) is 30.4 Å². The Labute approximate surface area is 89.1 Å². The number of allylic oxidation sites excluding steroid dienone is 4. The number of piperazine rings is 1. The van der Waals surface area contributed by atoms with Crippen molar-refractivity contribution in [1.82, 2.24) is 10.2 Å². The van der Waals surface area contributed by atoms with E-state index in [1.54, 1.807) is 0 Å². The molecule has 0 spiro atoms. The van der Waals surface area contributed by atoms with E-state index in [4.69, 9.17) is 0 Å². The average molecular weight is 202 g/mol. The number of hydrogen-bond acceptors (Lipinski definition) is 2. The first kappa shape index (κ1) is 8.92.